The van der Waals surface area contributed by atoms with Crippen LogP contribution in [0.5, 0.6) is 5.75 Å². The van der Waals surface area contributed by atoms with E-state index in [0.717, 1.165) is 37.2 Å². The minimum atomic E-state index is 0.382. The second-order valence-electron chi connectivity index (χ2n) is 8.67. The molecule has 0 radical (unpaired) electrons. The first-order valence-electron chi connectivity index (χ1n) is 12.0. The van der Waals surface area contributed by atoms with Gasteiger partial charge in [-0.2, -0.15) is 10.5 Å². The highest BCUT2D eigenvalue weighted by atomic mass is 16.5. The third-order valence-corrected chi connectivity index (χ3v) is 6.38. The Labute approximate surface area is 183 Å². The molecule has 0 amide bonds. The van der Waals surface area contributed by atoms with Gasteiger partial charge in [-0.25, -0.2) is 0 Å². The maximum absolute atomic E-state index is 9.59. The van der Waals surface area contributed by atoms with E-state index >= 15 is 0 Å². The Kier molecular flexibility index (Phi) is 11.1. The predicted octanol–water partition coefficient (Wildman–Crippen LogP) is 7.48. The van der Waals surface area contributed by atoms with Crippen molar-refractivity contribution in [2.75, 3.05) is 6.61 Å². The summed E-state index contributed by atoms with van der Waals surface area (Å²) in [6.45, 7) is 4.88. The normalized spacial score (nSPS) is 18.8. The average Bonchev–Trinajstić information content (AvgIpc) is 2.78. The van der Waals surface area contributed by atoms with Crippen LogP contribution in [0.4, 0.5) is 0 Å². The average molecular weight is 407 g/mol. The van der Waals surface area contributed by atoms with E-state index in [4.69, 9.17) is 4.74 Å². The van der Waals surface area contributed by atoms with Crippen molar-refractivity contribution in [3.05, 3.63) is 41.0 Å². The van der Waals surface area contributed by atoms with E-state index in [1.54, 1.807) is 0 Å². The summed E-state index contributed by atoms with van der Waals surface area (Å²) in [5.74, 6) is 2.11. The zero-order valence-corrected chi connectivity index (χ0v) is 19.0. The third kappa shape index (κ3) is 7.53. The number of nitriles is 2. The fourth-order valence-corrected chi connectivity index (χ4v) is 4.50. The number of ether oxygens (including phenoxy) is 1. The summed E-state index contributed by atoms with van der Waals surface area (Å²) < 4.78 is 5.87. The molecule has 0 spiro atoms. The minimum absolute atomic E-state index is 0.382. The molecule has 0 aliphatic heterocycles. The summed E-state index contributed by atoms with van der Waals surface area (Å²) in [7, 11) is 0. The van der Waals surface area contributed by atoms with Gasteiger partial charge in [-0.1, -0.05) is 70.6 Å². The van der Waals surface area contributed by atoms with E-state index in [2.05, 4.69) is 38.1 Å². The molecule has 0 bridgehead atoms. The Balaban J connectivity index is 1.84. The molecule has 0 atom stereocenters. The first-order chi connectivity index (χ1) is 14.7. The Morgan fingerprint density at radius 1 is 0.933 bits per heavy atom. The van der Waals surface area contributed by atoms with Crippen molar-refractivity contribution < 1.29 is 4.74 Å². The highest BCUT2D eigenvalue weighted by Crippen LogP contribution is 2.32. The zero-order chi connectivity index (χ0) is 21.6. The van der Waals surface area contributed by atoms with Crippen LogP contribution in [-0.4, -0.2) is 6.61 Å². The lowest BCUT2D eigenvalue weighted by molar-refractivity contribution is 0.288. The van der Waals surface area contributed by atoms with Crippen molar-refractivity contribution in [1.29, 1.82) is 10.5 Å². The number of aryl methyl sites for hydroxylation is 1. The van der Waals surface area contributed by atoms with Crippen LogP contribution < -0.4 is 4.74 Å². The molecule has 3 nitrogen and oxygen atoms in total. The minimum Gasteiger partial charge on any atom is -0.488 e. The van der Waals surface area contributed by atoms with Gasteiger partial charge in [-0.15, -0.1) is 0 Å². The van der Waals surface area contributed by atoms with Crippen molar-refractivity contribution in [2.24, 2.45) is 11.8 Å². The topological polar surface area (TPSA) is 56.8 Å². The molecule has 30 heavy (non-hydrogen) atoms. The fraction of sp³-hybridized carbons (Fsp3) is 0.630. The van der Waals surface area contributed by atoms with Gasteiger partial charge >= 0.3 is 0 Å². The number of rotatable bonds is 12. The van der Waals surface area contributed by atoms with Gasteiger partial charge in [-0.3, -0.25) is 0 Å². The third-order valence-electron chi connectivity index (χ3n) is 6.38. The maximum Gasteiger partial charge on any atom is 0.138 e. The van der Waals surface area contributed by atoms with Crippen molar-refractivity contribution in [1.82, 2.24) is 0 Å². The van der Waals surface area contributed by atoms with E-state index in [9.17, 15) is 10.5 Å². The molecule has 162 valence electrons. The Morgan fingerprint density at radius 3 is 2.30 bits per heavy atom. The summed E-state index contributed by atoms with van der Waals surface area (Å²) in [5.41, 5.74) is 1.82. The van der Waals surface area contributed by atoms with Gasteiger partial charge in [0, 0.05) is 0 Å². The van der Waals surface area contributed by atoms with E-state index in [0.29, 0.717) is 29.4 Å². The lowest BCUT2D eigenvalue weighted by atomic mass is 9.79. The molecule has 1 aliphatic rings. The molecule has 1 aromatic rings. The van der Waals surface area contributed by atoms with Crippen LogP contribution >= 0.6 is 0 Å². The first-order valence-corrected chi connectivity index (χ1v) is 12.0. The lowest BCUT2D eigenvalue weighted by Crippen LogP contribution is -2.13. The van der Waals surface area contributed by atoms with Crippen LogP contribution in [0.1, 0.15) is 101 Å². The maximum atomic E-state index is 9.59. The predicted molar refractivity (Wildman–Crippen MR) is 123 cm³/mol. The van der Waals surface area contributed by atoms with Crippen molar-refractivity contribution in [3.63, 3.8) is 0 Å². The molecule has 0 heterocycles. The summed E-state index contributed by atoms with van der Waals surface area (Å²) in [4.78, 5) is 0. The molecule has 0 unspecified atom stereocenters. The van der Waals surface area contributed by atoms with Crippen LogP contribution in [0, 0.1) is 34.5 Å². The molecule has 1 aliphatic carbocycles. The summed E-state index contributed by atoms with van der Waals surface area (Å²) >= 11 is 0. The zero-order valence-electron chi connectivity index (χ0n) is 19.0. The summed E-state index contributed by atoms with van der Waals surface area (Å²) in [5, 5.41) is 19.2. The van der Waals surface area contributed by atoms with E-state index in [-0.39, 0.29) is 0 Å². The van der Waals surface area contributed by atoms with Gasteiger partial charge in [0.15, 0.2) is 0 Å². The molecule has 1 saturated carbocycles. The first kappa shape index (κ1) is 24.0. The molecule has 0 saturated heterocycles. The summed E-state index contributed by atoms with van der Waals surface area (Å²) in [6.07, 6.45) is 19.3. The Hall–Kier alpha value is -2.26. The molecule has 1 fully saturated rings. The Bertz CT molecular complexity index is 745. The lowest BCUT2D eigenvalue weighted by Gasteiger charge is -2.26. The molecular formula is C27H38N2O. The molecule has 1 aromatic carbocycles. The van der Waals surface area contributed by atoms with Crippen LogP contribution in [0.15, 0.2) is 24.3 Å². The van der Waals surface area contributed by atoms with Crippen LogP contribution in [-0.2, 0) is 6.42 Å². The number of allylic oxidation sites excluding steroid dienone is 1. The number of unbranched alkanes of at least 4 members (excludes halogenated alkanes) is 4. The number of nitrogens with zero attached hydrogens (tertiary/aromatic N) is 2. The number of hydrogen-bond donors (Lipinski definition) is 0. The Morgan fingerprint density at radius 2 is 1.63 bits per heavy atom. The number of hydrogen-bond acceptors (Lipinski definition) is 3. The van der Waals surface area contributed by atoms with E-state index in [1.807, 2.05) is 12.1 Å². The summed E-state index contributed by atoms with van der Waals surface area (Å²) in [6, 6.07) is 8.23. The van der Waals surface area contributed by atoms with Gasteiger partial charge in [0.05, 0.1) is 5.56 Å². The second-order valence-corrected chi connectivity index (χ2v) is 8.67. The monoisotopic (exact) mass is 406 g/mol. The van der Waals surface area contributed by atoms with Crippen LogP contribution in [0.2, 0.25) is 0 Å². The number of benzene rings is 1. The SMILES string of the molecule is CCCCCc1ccc(OC/C=C/C2CCC(CCCCC)CC2)c(C#N)c1C#N. The van der Waals surface area contributed by atoms with Crippen LogP contribution in [0.25, 0.3) is 0 Å². The molecular weight excluding hydrogens is 368 g/mol. The quantitative estimate of drug-likeness (QED) is 0.267. The molecule has 0 N–H and O–H groups in total. The van der Waals surface area contributed by atoms with Crippen molar-refractivity contribution in [3.8, 4) is 17.9 Å². The van der Waals surface area contributed by atoms with Gasteiger partial charge < -0.3 is 4.74 Å². The largest absolute Gasteiger partial charge is 0.488 e. The van der Waals surface area contributed by atoms with Crippen molar-refractivity contribution in [2.45, 2.75) is 90.9 Å². The fourth-order valence-electron chi connectivity index (χ4n) is 4.50. The van der Waals surface area contributed by atoms with E-state index < -0.39 is 0 Å². The van der Waals surface area contributed by atoms with E-state index in [1.165, 1.54) is 51.4 Å². The molecule has 2 rings (SSSR count). The van der Waals surface area contributed by atoms with Gasteiger partial charge in [-0.05, 0) is 62.0 Å². The van der Waals surface area contributed by atoms with Crippen molar-refractivity contribution >= 4 is 0 Å². The smallest absolute Gasteiger partial charge is 0.138 e. The van der Waals surface area contributed by atoms with Crippen LogP contribution in [0.3, 0.4) is 0 Å². The highest BCUT2D eigenvalue weighted by Gasteiger charge is 2.19. The highest BCUT2D eigenvalue weighted by molar-refractivity contribution is 5.57. The van der Waals surface area contributed by atoms with Gasteiger partial charge in [0.25, 0.3) is 0 Å². The van der Waals surface area contributed by atoms with Gasteiger partial charge in [0.2, 0.25) is 0 Å². The van der Waals surface area contributed by atoms with Gasteiger partial charge in [0.1, 0.15) is 30.1 Å². The molecule has 0 aromatic heterocycles. The standard InChI is InChI=1S/C27H38N2O/c1-3-5-7-10-22-13-15-23(16-14-22)11-9-19-30-27-18-17-24(12-8-6-4-2)25(20-28)26(27)21-29/h9,11,17-18,22-23H,3-8,10,12-16,19H2,1-2H3/b11-9+. The second kappa shape index (κ2) is 13.9. The molecule has 3 heteroatoms.